The van der Waals surface area contributed by atoms with E-state index >= 15 is 0 Å². The van der Waals surface area contributed by atoms with E-state index in [-0.39, 0.29) is 12.8 Å². The fraction of sp³-hybridized carbons (Fsp3) is 0.312. The number of carbonyl (C=O) groups excluding carboxylic acids is 1. The lowest BCUT2D eigenvalue weighted by molar-refractivity contribution is 0.174. The van der Waals surface area contributed by atoms with E-state index in [1.165, 1.54) is 10.4 Å². The number of aryl methyl sites for hydroxylation is 1. The third-order valence-corrected chi connectivity index (χ3v) is 4.54. The van der Waals surface area contributed by atoms with Crippen LogP contribution < -0.4 is 20.1 Å². The third kappa shape index (κ3) is 3.51. The molecule has 2 heterocycles. The van der Waals surface area contributed by atoms with Gasteiger partial charge in [-0.25, -0.2) is 4.79 Å². The lowest BCUT2D eigenvalue weighted by atomic mass is 10.1. The van der Waals surface area contributed by atoms with Crippen molar-refractivity contribution in [3.05, 3.63) is 45.6 Å². The monoisotopic (exact) mass is 318 g/mol. The van der Waals surface area contributed by atoms with Crippen LogP contribution >= 0.6 is 11.3 Å². The smallest absolute Gasteiger partial charge is 0.315 e. The maximum atomic E-state index is 11.8. The molecule has 0 bridgehead atoms. The summed E-state index contributed by atoms with van der Waals surface area (Å²) in [6, 6.07) is 7.75. The van der Waals surface area contributed by atoms with E-state index in [0.717, 1.165) is 23.5 Å². The molecule has 0 fully saturated rings. The van der Waals surface area contributed by atoms with Crippen LogP contribution in [0.4, 0.5) is 4.79 Å². The first-order valence-electron chi connectivity index (χ1n) is 7.15. The van der Waals surface area contributed by atoms with Crippen LogP contribution in [0, 0.1) is 6.92 Å². The van der Waals surface area contributed by atoms with Crippen molar-refractivity contribution >= 4 is 17.4 Å². The van der Waals surface area contributed by atoms with Gasteiger partial charge in [0, 0.05) is 11.4 Å². The highest BCUT2D eigenvalue weighted by Crippen LogP contribution is 2.32. The van der Waals surface area contributed by atoms with Gasteiger partial charge in [0.15, 0.2) is 11.5 Å². The van der Waals surface area contributed by atoms with Gasteiger partial charge < -0.3 is 20.1 Å². The average molecular weight is 318 g/mol. The summed E-state index contributed by atoms with van der Waals surface area (Å²) in [6.07, 6.45) is 0.752. The van der Waals surface area contributed by atoms with E-state index in [0.29, 0.717) is 13.1 Å². The largest absolute Gasteiger partial charge is 0.454 e. The van der Waals surface area contributed by atoms with E-state index < -0.39 is 0 Å². The molecule has 2 N–H and O–H groups in total. The van der Waals surface area contributed by atoms with Crippen LogP contribution in [0.15, 0.2) is 29.6 Å². The standard InChI is InChI=1S/C16H18N2O3S/c1-11-5-7-22-15(11)9-18-16(19)17-6-4-12-2-3-13-14(8-12)21-10-20-13/h2-3,5,7-8H,4,6,9-10H2,1H3,(H2,17,18,19). The Morgan fingerprint density at radius 2 is 2.09 bits per heavy atom. The lowest BCUT2D eigenvalue weighted by Crippen LogP contribution is -2.36. The highest BCUT2D eigenvalue weighted by atomic mass is 32.1. The van der Waals surface area contributed by atoms with Crippen molar-refractivity contribution in [1.82, 2.24) is 10.6 Å². The van der Waals surface area contributed by atoms with Gasteiger partial charge in [0.05, 0.1) is 6.54 Å². The molecule has 0 aliphatic carbocycles. The molecule has 3 rings (SSSR count). The molecule has 1 aliphatic rings. The molecule has 6 heteroatoms. The predicted molar refractivity (Wildman–Crippen MR) is 85.6 cm³/mol. The Bertz CT molecular complexity index is 669. The fourth-order valence-electron chi connectivity index (χ4n) is 2.23. The Morgan fingerprint density at radius 3 is 2.91 bits per heavy atom. The number of rotatable bonds is 5. The second-order valence-corrected chi connectivity index (χ2v) is 6.07. The minimum Gasteiger partial charge on any atom is -0.454 e. The van der Waals surface area contributed by atoms with Gasteiger partial charge in [-0.05, 0) is 48.1 Å². The summed E-state index contributed by atoms with van der Waals surface area (Å²) in [5.74, 6) is 1.55. The number of hydrogen-bond donors (Lipinski definition) is 2. The molecule has 116 valence electrons. The summed E-state index contributed by atoms with van der Waals surface area (Å²) in [5, 5.41) is 7.76. The number of fused-ring (bicyclic) bond motifs is 1. The van der Waals surface area contributed by atoms with E-state index in [1.54, 1.807) is 11.3 Å². The summed E-state index contributed by atoms with van der Waals surface area (Å²) in [6.45, 7) is 3.47. The van der Waals surface area contributed by atoms with Crippen LogP contribution in [0.1, 0.15) is 16.0 Å². The second kappa shape index (κ2) is 6.70. The van der Waals surface area contributed by atoms with Crippen molar-refractivity contribution in [2.45, 2.75) is 19.9 Å². The summed E-state index contributed by atoms with van der Waals surface area (Å²) in [7, 11) is 0. The minimum atomic E-state index is -0.145. The molecule has 22 heavy (non-hydrogen) atoms. The van der Waals surface area contributed by atoms with E-state index in [4.69, 9.17) is 9.47 Å². The molecule has 1 aromatic heterocycles. The summed E-state index contributed by atoms with van der Waals surface area (Å²) in [4.78, 5) is 13.0. The molecule has 5 nitrogen and oxygen atoms in total. The number of benzene rings is 1. The van der Waals surface area contributed by atoms with Gasteiger partial charge >= 0.3 is 6.03 Å². The molecular formula is C16H18N2O3S. The van der Waals surface area contributed by atoms with Crippen molar-refractivity contribution in [1.29, 1.82) is 0 Å². The first kappa shape index (κ1) is 14.7. The molecule has 0 atom stereocenters. The lowest BCUT2D eigenvalue weighted by Gasteiger charge is -2.08. The average Bonchev–Trinajstić information content (AvgIpc) is 3.13. The molecule has 0 saturated carbocycles. The van der Waals surface area contributed by atoms with Gasteiger partial charge in [-0.3, -0.25) is 0 Å². The van der Waals surface area contributed by atoms with Crippen molar-refractivity contribution in [3.8, 4) is 11.5 Å². The Balaban J connectivity index is 1.41. The Morgan fingerprint density at radius 1 is 1.23 bits per heavy atom. The van der Waals surface area contributed by atoms with E-state index in [2.05, 4.69) is 16.7 Å². The molecule has 2 aromatic rings. The molecule has 2 amide bonds. The SMILES string of the molecule is Cc1ccsc1CNC(=O)NCCc1ccc2c(c1)OCO2. The summed E-state index contributed by atoms with van der Waals surface area (Å²) >= 11 is 1.66. The van der Waals surface area contributed by atoms with E-state index in [1.807, 2.05) is 30.5 Å². The van der Waals surface area contributed by atoms with Crippen molar-refractivity contribution < 1.29 is 14.3 Å². The van der Waals surface area contributed by atoms with Gasteiger partial charge in [0.1, 0.15) is 0 Å². The fourth-order valence-corrected chi connectivity index (χ4v) is 3.07. The molecule has 0 spiro atoms. The zero-order chi connectivity index (χ0) is 15.4. The second-order valence-electron chi connectivity index (χ2n) is 5.07. The number of amides is 2. The predicted octanol–water partition coefficient (Wildman–Crippen LogP) is 2.83. The van der Waals surface area contributed by atoms with Crippen molar-refractivity contribution in [2.75, 3.05) is 13.3 Å². The maximum Gasteiger partial charge on any atom is 0.315 e. The highest BCUT2D eigenvalue weighted by Gasteiger charge is 2.13. The maximum absolute atomic E-state index is 11.8. The number of thiophene rings is 1. The molecule has 1 aromatic carbocycles. The first-order valence-corrected chi connectivity index (χ1v) is 8.03. The van der Waals surface area contributed by atoms with Gasteiger partial charge in [0.2, 0.25) is 6.79 Å². The zero-order valence-electron chi connectivity index (χ0n) is 12.3. The van der Waals surface area contributed by atoms with Gasteiger partial charge in [-0.2, -0.15) is 0 Å². The van der Waals surface area contributed by atoms with Crippen molar-refractivity contribution in [2.24, 2.45) is 0 Å². The van der Waals surface area contributed by atoms with Crippen LogP contribution in [-0.2, 0) is 13.0 Å². The molecule has 0 saturated heterocycles. The van der Waals surface area contributed by atoms with Crippen LogP contribution in [0.2, 0.25) is 0 Å². The normalized spacial score (nSPS) is 12.2. The van der Waals surface area contributed by atoms with Gasteiger partial charge in [0.25, 0.3) is 0 Å². The van der Waals surface area contributed by atoms with Crippen LogP contribution in [0.25, 0.3) is 0 Å². The van der Waals surface area contributed by atoms with E-state index in [9.17, 15) is 4.79 Å². The molecule has 0 radical (unpaired) electrons. The van der Waals surface area contributed by atoms with Crippen LogP contribution in [0.5, 0.6) is 11.5 Å². The topological polar surface area (TPSA) is 59.6 Å². The van der Waals surface area contributed by atoms with Crippen molar-refractivity contribution in [3.63, 3.8) is 0 Å². The Kier molecular flexibility index (Phi) is 4.48. The number of carbonyl (C=O) groups is 1. The number of urea groups is 1. The molecule has 1 aliphatic heterocycles. The Labute approximate surface area is 133 Å². The number of hydrogen-bond acceptors (Lipinski definition) is 4. The zero-order valence-corrected chi connectivity index (χ0v) is 13.2. The number of nitrogens with one attached hydrogen (secondary N) is 2. The van der Waals surface area contributed by atoms with Gasteiger partial charge in [-0.15, -0.1) is 11.3 Å². The van der Waals surface area contributed by atoms with Gasteiger partial charge in [-0.1, -0.05) is 6.07 Å². The van der Waals surface area contributed by atoms with Crippen LogP contribution in [-0.4, -0.2) is 19.4 Å². The quantitative estimate of drug-likeness (QED) is 0.891. The summed E-state index contributed by atoms with van der Waals surface area (Å²) in [5.41, 5.74) is 2.32. The minimum absolute atomic E-state index is 0.145. The molecular weight excluding hydrogens is 300 g/mol. The summed E-state index contributed by atoms with van der Waals surface area (Å²) < 4.78 is 10.6. The first-order chi connectivity index (χ1) is 10.7. The number of ether oxygens (including phenoxy) is 2. The van der Waals surface area contributed by atoms with Crippen LogP contribution in [0.3, 0.4) is 0 Å². The molecule has 0 unspecified atom stereocenters. The Hall–Kier alpha value is -2.21. The highest BCUT2D eigenvalue weighted by molar-refractivity contribution is 7.10. The third-order valence-electron chi connectivity index (χ3n) is 3.51.